The van der Waals surface area contributed by atoms with Crippen LogP contribution in [-0.2, 0) is 6.54 Å². The minimum absolute atomic E-state index is 0.179. The standard InChI is InChI=1S/C25H29ClN4O2/c1-5-6-15-30-23(26)22(17(2)28-30)25(32)29(4)18(3)20-13-10-14-21(16-20)27-24(31)19-11-8-7-9-12-19/h7-14,16,18H,5-6,15H2,1-4H3,(H,27,31)/t18-/m0/s1. The Morgan fingerprint density at radius 3 is 2.56 bits per heavy atom. The quantitative estimate of drug-likeness (QED) is 0.474. The van der Waals surface area contributed by atoms with E-state index in [4.69, 9.17) is 11.6 Å². The number of halogens is 1. The van der Waals surface area contributed by atoms with Gasteiger partial charge in [-0.25, -0.2) is 0 Å². The van der Waals surface area contributed by atoms with Gasteiger partial charge in [-0.15, -0.1) is 0 Å². The molecule has 3 rings (SSSR count). The minimum atomic E-state index is -0.231. The van der Waals surface area contributed by atoms with Gasteiger partial charge in [0.25, 0.3) is 11.8 Å². The maximum Gasteiger partial charge on any atom is 0.259 e. The maximum atomic E-state index is 13.3. The average molecular weight is 453 g/mol. The lowest BCUT2D eigenvalue weighted by Crippen LogP contribution is -2.30. The number of nitrogens with one attached hydrogen (secondary N) is 1. The van der Waals surface area contributed by atoms with Gasteiger partial charge in [0.05, 0.1) is 17.3 Å². The highest BCUT2D eigenvalue weighted by Crippen LogP contribution is 2.27. The maximum absolute atomic E-state index is 13.3. The number of aryl methyl sites for hydroxylation is 2. The molecule has 168 valence electrons. The number of unbranched alkanes of at least 4 members (excludes halogenated alkanes) is 1. The van der Waals surface area contributed by atoms with Crippen LogP contribution in [0.4, 0.5) is 5.69 Å². The number of amides is 2. The van der Waals surface area contributed by atoms with Gasteiger partial charge >= 0.3 is 0 Å². The highest BCUT2D eigenvalue weighted by molar-refractivity contribution is 6.33. The summed E-state index contributed by atoms with van der Waals surface area (Å²) < 4.78 is 1.70. The number of carbonyl (C=O) groups is 2. The number of benzene rings is 2. The summed E-state index contributed by atoms with van der Waals surface area (Å²) in [5, 5.41) is 7.74. The van der Waals surface area contributed by atoms with Crippen molar-refractivity contribution in [2.45, 2.75) is 46.2 Å². The van der Waals surface area contributed by atoms with Crippen LogP contribution >= 0.6 is 11.6 Å². The van der Waals surface area contributed by atoms with Gasteiger partial charge < -0.3 is 10.2 Å². The summed E-state index contributed by atoms with van der Waals surface area (Å²) in [6, 6.07) is 16.3. The Bertz CT molecular complexity index is 1090. The molecule has 0 saturated carbocycles. The van der Waals surface area contributed by atoms with Crippen molar-refractivity contribution in [2.75, 3.05) is 12.4 Å². The second kappa shape index (κ2) is 10.5. The van der Waals surface area contributed by atoms with Crippen LogP contribution in [0.3, 0.4) is 0 Å². The lowest BCUT2D eigenvalue weighted by atomic mass is 10.1. The molecule has 3 aromatic rings. The first-order valence-corrected chi connectivity index (χ1v) is 11.2. The number of aromatic nitrogens is 2. The van der Waals surface area contributed by atoms with Gasteiger partial charge in [-0.1, -0.05) is 55.3 Å². The van der Waals surface area contributed by atoms with E-state index in [0.717, 1.165) is 18.4 Å². The molecule has 2 aromatic carbocycles. The van der Waals surface area contributed by atoms with Crippen LogP contribution in [0.25, 0.3) is 0 Å². The molecule has 1 atom stereocenters. The molecule has 0 bridgehead atoms. The van der Waals surface area contributed by atoms with Crippen molar-refractivity contribution >= 4 is 29.1 Å². The molecule has 0 aliphatic heterocycles. The van der Waals surface area contributed by atoms with Crippen molar-refractivity contribution in [1.29, 1.82) is 0 Å². The third-order valence-corrected chi connectivity index (χ3v) is 5.95. The lowest BCUT2D eigenvalue weighted by Gasteiger charge is -2.26. The zero-order chi connectivity index (χ0) is 23.3. The molecule has 1 aromatic heterocycles. The Hall–Kier alpha value is -3.12. The summed E-state index contributed by atoms with van der Waals surface area (Å²) in [6.07, 6.45) is 1.97. The monoisotopic (exact) mass is 452 g/mol. The van der Waals surface area contributed by atoms with E-state index in [0.29, 0.717) is 34.2 Å². The van der Waals surface area contributed by atoms with E-state index in [-0.39, 0.29) is 17.9 Å². The SMILES string of the molecule is CCCCn1nc(C)c(C(=O)N(C)[C@@H](C)c2cccc(NC(=O)c3ccccc3)c2)c1Cl. The van der Waals surface area contributed by atoms with Crippen LogP contribution in [0.15, 0.2) is 54.6 Å². The molecule has 1 N–H and O–H groups in total. The molecule has 0 saturated heterocycles. The number of hydrogen-bond donors (Lipinski definition) is 1. The minimum Gasteiger partial charge on any atom is -0.335 e. The summed E-state index contributed by atoms with van der Waals surface area (Å²) >= 11 is 6.50. The normalized spacial score (nSPS) is 11.8. The summed E-state index contributed by atoms with van der Waals surface area (Å²) in [6.45, 7) is 6.54. The highest BCUT2D eigenvalue weighted by Gasteiger charge is 2.26. The van der Waals surface area contributed by atoms with E-state index < -0.39 is 0 Å². The number of hydrogen-bond acceptors (Lipinski definition) is 3. The Morgan fingerprint density at radius 1 is 1.16 bits per heavy atom. The number of anilines is 1. The van der Waals surface area contributed by atoms with E-state index in [1.165, 1.54) is 0 Å². The first-order chi connectivity index (χ1) is 15.3. The molecular formula is C25H29ClN4O2. The van der Waals surface area contributed by atoms with Crippen LogP contribution in [0.5, 0.6) is 0 Å². The summed E-state index contributed by atoms with van der Waals surface area (Å²) in [7, 11) is 1.75. The predicted octanol–water partition coefficient (Wildman–Crippen LogP) is 5.73. The van der Waals surface area contributed by atoms with Crippen molar-refractivity contribution in [3.05, 3.63) is 82.1 Å². The Morgan fingerprint density at radius 2 is 1.88 bits per heavy atom. The van der Waals surface area contributed by atoms with Crippen molar-refractivity contribution in [2.24, 2.45) is 0 Å². The van der Waals surface area contributed by atoms with Crippen LogP contribution in [0.1, 0.15) is 64.7 Å². The molecule has 0 aliphatic carbocycles. The van der Waals surface area contributed by atoms with Crippen LogP contribution in [0, 0.1) is 6.92 Å². The average Bonchev–Trinajstić information content (AvgIpc) is 3.09. The van der Waals surface area contributed by atoms with E-state index in [1.807, 2.05) is 49.4 Å². The van der Waals surface area contributed by atoms with Gasteiger partial charge in [0.1, 0.15) is 5.15 Å². The third kappa shape index (κ3) is 5.19. The molecule has 0 unspecified atom stereocenters. The first-order valence-electron chi connectivity index (χ1n) is 10.8. The molecule has 1 heterocycles. The zero-order valence-electron chi connectivity index (χ0n) is 18.9. The largest absolute Gasteiger partial charge is 0.335 e. The van der Waals surface area contributed by atoms with Gasteiger partial charge in [0, 0.05) is 24.8 Å². The molecule has 0 aliphatic rings. The smallest absolute Gasteiger partial charge is 0.259 e. The number of nitrogens with zero attached hydrogens (tertiary/aromatic N) is 3. The Labute approximate surface area is 194 Å². The highest BCUT2D eigenvalue weighted by atomic mass is 35.5. The number of rotatable bonds is 8. The van der Waals surface area contributed by atoms with Crippen molar-refractivity contribution < 1.29 is 9.59 Å². The Balaban J connectivity index is 1.77. The van der Waals surface area contributed by atoms with Crippen LogP contribution in [0.2, 0.25) is 5.15 Å². The summed E-state index contributed by atoms with van der Waals surface area (Å²) in [4.78, 5) is 27.4. The van der Waals surface area contributed by atoms with Gasteiger partial charge in [0.2, 0.25) is 0 Å². The third-order valence-electron chi connectivity index (χ3n) is 5.57. The lowest BCUT2D eigenvalue weighted by molar-refractivity contribution is 0.0741. The molecule has 7 heteroatoms. The molecule has 0 spiro atoms. The second-order valence-electron chi connectivity index (χ2n) is 7.87. The van der Waals surface area contributed by atoms with Gasteiger partial charge in [-0.3, -0.25) is 14.3 Å². The van der Waals surface area contributed by atoms with E-state index in [1.54, 1.807) is 35.7 Å². The second-order valence-corrected chi connectivity index (χ2v) is 8.22. The van der Waals surface area contributed by atoms with E-state index in [9.17, 15) is 9.59 Å². The fraction of sp³-hybridized carbons (Fsp3) is 0.320. The summed E-state index contributed by atoms with van der Waals surface area (Å²) in [5.41, 5.74) is 3.22. The molecule has 0 fully saturated rings. The molecular weight excluding hydrogens is 424 g/mol. The fourth-order valence-corrected chi connectivity index (χ4v) is 3.84. The first kappa shape index (κ1) is 23.5. The predicted molar refractivity (Wildman–Crippen MR) is 128 cm³/mol. The molecule has 6 nitrogen and oxygen atoms in total. The van der Waals surface area contributed by atoms with Crippen molar-refractivity contribution in [3.8, 4) is 0 Å². The fourth-order valence-electron chi connectivity index (χ4n) is 3.50. The number of carbonyl (C=O) groups excluding carboxylic acids is 2. The molecule has 2 amide bonds. The molecule has 0 radical (unpaired) electrons. The van der Waals surface area contributed by atoms with E-state index in [2.05, 4.69) is 17.3 Å². The Kier molecular flexibility index (Phi) is 7.70. The van der Waals surface area contributed by atoms with E-state index >= 15 is 0 Å². The van der Waals surface area contributed by atoms with Crippen molar-refractivity contribution in [1.82, 2.24) is 14.7 Å². The van der Waals surface area contributed by atoms with Gasteiger partial charge in [-0.05, 0) is 50.1 Å². The van der Waals surface area contributed by atoms with Gasteiger partial charge in [0.15, 0.2) is 0 Å². The van der Waals surface area contributed by atoms with Crippen LogP contribution in [-0.4, -0.2) is 33.5 Å². The van der Waals surface area contributed by atoms with Crippen molar-refractivity contribution in [3.63, 3.8) is 0 Å². The summed E-state index contributed by atoms with van der Waals surface area (Å²) in [5.74, 6) is -0.358. The topological polar surface area (TPSA) is 67.2 Å². The van der Waals surface area contributed by atoms with Gasteiger partial charge in [-0.2, -0.15) is 5.10 Å². The molecule has 32 heavy (non-hydrogen) atoms. The zero-order valence-corrected chi connectivity index (χ0v) is 19.7. The van der Waals surface area contributed by atoms with Crippen LogP contribution < -0.4 is 5.32 Å².